The van der Waals surface area contributed by atoms with Crippen molar-refractivity contribution in [1.82, 2.24) is 0 Å². The minimum Gasteiger partial charge on any atom is -0.206 e. The molecule has 0 bridgehead atoms. The van der Waals surface area contributed by atoms with E-state index in [0.717, 1.165) is 61.8 Å². The first-order chi connectivity index (χ1) is 18.6. The van der Waals surface area contributed by atoms with E-state index in [9.17, 15) is 22.0 Å². The van der Waals surface area contributed by atoms with E-state index in [1.165, 1.54) is 43.7 Å². The zero-order valence-electron chi connectivity index (χ0n) is 21.4. The average Bonchev–Trinajstić information content (AvgIpc) is 2.87. The lowest BCUT2D eigenvalue weighted by molar-refractivity contribution is -0.0696. The van der Waals surface area contributed by atoms with Gasteiger partial charge in [-0.3, -0.25) is 0 Å². The number of halogens is 7. The minimum absolute atomic E-state index is 0.0198. The Hall–Kier alpha value is -3.45. The molecule has 0 amide bonds. The van der Waals surface area contributed by atoms with E-state index in [0.29, 0.717) is 0 Å². The van der Waals surface area contributed by atoms with Gasteiger partial charge in [0, 0.05) is 22.8 Å². The Balaban J connectivity index is 1.54. The van der Waals surface area contributed by atoms with Crippen LogP contribution in [0.25, 0.3) is 21.9 Å². The van der Waals surface area contributed by atoms with Crippen LogP contribution in [-0.4, -0.2) is 6.18 Å². The monoisotopic (exact) mass is 544 g/mol. The highest BCUT2D eigenvalue weighted by Gasteiger charge is 2.24. The third-order valence-corrected chi connectivity index (χ3v) is 7.17. The molecule has 0 nitrogen and oxygen atoms in total. The fourth-order valence-corrected chi connectivity index (χ4v) is 5.12. The molecule has 0 saturated heterocycles. The van der Waals surface area contributed by atoms with Gasteiger partial charge in [-0.1, -0.05) is 62.5 Å². The molecular weight excluding hydrogens is 517 g/mol. The Morgan fingerprint density at radius 2 is 1.51 bits per heavy atom. The highest BCUT2D eigenvalue weighted by molar-refractivity contribution is 5.89. The van der Waals surface area contributed by atoms with E-state index in [1.807, 2.05) is 0 Å². The SMILES string of the molecule is CCCCCC1CCC(C#Cc2cc(F)c(-c3ccc4c(F)c(C#CC(F)(F)F)c(F)cc4c3)c(F)c2)CC1. The molecule has 0 N–H and O–H groups in total. The second-order valence-electron chi connectivity index (χ2n) is 10.0. The summed E-state index contributed by atoms with van der Waals surface area (Å²) in [6, 6.07) is 6.57. The van der Waals surface area contributed by atoms with Crippen molar-refractivity contribution in [3.8, 4) is 34.8 Å². The first-order valence-electron chi connectivity index (χ1n) is 13.1. The van der Waals surface area contributed by atoms with Crippen LogP contribution in [0.3, 0.4) is 0 Å². The van der Waals surface area contributed by atoms with E-state index in [4.69, 9.17) is 0 Å². The molecule has 1 aliphatic rings. The van der Waals surface area contributed by atoms with Crippen LogP contribution in [0, 0.1) is 58.8 Å². The molecular formula is C32H27F7. The smallest absolute Gasteiger partial charge is 0.206 e. The Labute approximate surface area is 223 Å². The Kier molecular flexibility index (Phi) is 8.90. The minimum atomic E-state index is -4.92. The quantitative estimate of drug-likeness (QED) is 0.170. The summed E-state index contributed by atoms with van der Waals surface area (Å²) >= 11 is 0. The second-order valence-corrected chi connectivity index (χ2v) is 10.0. The molecule has 1 aliphatic carbocycles. The Morgan fingerprint density at radius 3 is 2.15 bits per heavy atom. The molecule has 0 radical (unpaired) electrons. The lowest BCUT2D eigenvalue weighted by atomic mass is 9.80. The third-order valence-electron chi connectivity index (χ3n) is 7.17. The van der Waals surface area contributed by atoms with Crippen molar-refractivity contribution < 1.29 is 30.7 Å². The molecule has 1 fully saturated rings. The summed E-state index contributed by atoms with van der Waals surface area (Å²) in [7, 11) is 0. The van der Waals surface area contributed by atoms with Crippen molar-refractivity contribution in [3.63, 3.8) is 0 Å². The van der Waals surface area contributed by atoms with Crippen molar-refractivity contribution in [1.29, 1.82) is 0 Å². The topological polar surface area (TPSA) is 0 Å². The predicted molar refractivity (Wildman–Crippen MR) is 139 cm³/mol. The maximum atomic E-state index is 15.0. The number of hydrogen-bond donors (Lipinski definition) is 0. The summed E-state index contributed by atoms with van der Waals surface area (Å²) < 4.78 is 96.2. The molecule has 0 heterocycles. The number of unbranched alkanes of at least 4 members (excludes halogenated alkanes) is 2. The number of alkyl halides is 3. The number of rotatable bonds is 5. The third kappa shape index (κ3) is 7.15. The van der Waals surface area contributed by atoms with Gasteiger partial charge in [0.05, 0.1) is 11.1 Å². The Morgan fingerprint density at radius 1 is 0.821 bits per heavy atom. The van der Waals surface area contributed by atoms with Gasteiger partial charge < -0.3 is 0 Å². The summed E-state index contributed by atoms with van der Waals surface area (Å²) in [6.45, 7) is 2.19. The van der Waals surface area contributed by atoms with Crippen LogP contribution < -0.4 is 0 Å². The van der Waals surface area contributed by atoms with Gasteiger partial charge in [-0.15, -0.1) is 0 Å². The molecule has 4 rings (SSSR count). The molecule has 0 unspecified atom stereocenters. The number of hydrogen-bond acceptors (Lipinski definition) is 0. The van der Waals surface area contributed by atoms with Crippen LogP contribution in [0.15, 0.2) is 36.4 Å². The summed E-state index contributed by atoms with van der Waals surface area (Å²) in [5.74, 6) is 4.92. The fraction of sp³-hybridized carbons (Fsp3) is 0.375. The summed E-state index contributed by atoms with van der Waals surface area (Å²) in [6.07, 6.45) is 4.21. The van der Waals surface area contributed by atoms with Crippen LogP contribution in [-0.2, 0) is 0 Å². The van der Waals surface area contributed by atoms with Gasteiger partial charge in [0.15, 0.2) is 0 Å². The Bertz CT molecular complexity index is 1450. The fourth-order valence-electron chi connectivity index (χ4n) is 5.12. The molecule has 0 aliphatic heterocycles. The van der Waals surface area contributed by atoms with Gasteiger partial charge in [-0.2, -0.15) is 13.2 Å². The van der Waals surface area contributed by atoms with Crippen molar-refractivity contribution in [2.75, 3.05) is 0 Å². The lowest BCUT2D eigenvalue weighted by Gasteiger charge is -2.25. The van der Waals surface area contributed by atoms with E-state index in [-0.39, 0.29) is 27.8 Å². The van der Waals surface area contributed by atoms with Gasteiger partial charge >= 0.3 is 6.18 Å². The first kappa shape index (κ1) is 28.6. The van der Waals surface area contributed by atoms with Gasteiger partial charge in [-0.05, 0) is 66.8 Å². The van der Waals surface area contributed by atoms with Crippen molar-refractivity contribution in [2.24, 2.45) is 11.8 Å². The van der Waals surface area contributed by atoms with E-state index in [1.54, 1.807) is 0 Å². The first-order valence-corrected chi connectivity index (χ1v) is 13.1. The molecule has 7 heteroatoms. The number of benzene rings is 3. The highest BCUT2D eigenvalue weighted by Crippen LogP contribution is 2.34. The van der Waals surface area contributed by atoms with Crippen molar-refractivity contribution in [3.05, 3.63) is 70.8 Å². The van der Waals surface area contributed by atoms with Gasteiger partial charge in [0.2, 0.25) is 0 Å². The van der Waals surface area contributed by atoms with Crippen molar-refractivity contribution >= 4 is 10.8 Å². The molecule has 39 heavy (non-hydrogen) atoms. The lowest BCUT2D eigenvalue weighted by Crippen LogP contribution is -2.13. The molecule has 0 spiro atoms. The van der Waals surface area contributed by atoms with Crippen LogP contribution in [0.5, 0.6) is 0 Å². The van der Waals surface area contributed by atoms with Crippen LogP contribution in [0.4, 0.5) is 30.7 Å². The molecule has 0 aromatic heterocycles. The summed E-state index contributed by atoms with van der Waals surface area (Å²) in [5, 5.41) is -0.303. The van der Waals surface area contributed by atoms with E-state index < -0.39 is 40.6 Å². The summed E-state index contributed by atoms with van der Waals surface area (Å²) in [4.78, 5) is 0. The largest absolute Gasteiger partial charge is 0.458 e. The highest BCUT2D eigenvalue weighted by atomic mass is 19.4. The van der Waals surface area contributed by atoms with Gasteiger partial charge in [0.1, 0.15) is 23.3 Å². The molecule has 3 aromatic carbocycles. The van der Waals surface area contributed by atoms with Crippen LogP contribution in [0.2, 0.25) is 0 Å². The van der Waals surface area contributed by atoms with Gasteiger partial charge in [-0.25, -0.2) is 17.6 Å². The van der Waals surface area contributed by atoms with Crippen LogP contribution in [0.1, 0.15) is 69.4 Å². The predicted octanol–water partition coefficient (Wildman–Crippen LogP) is 9.72. The summed E-state index contributed by atoms with van der Waals surface area (Å²) in [5.41, 5.74) is -1.20. The van der Waals surface area contributed by atoms with Crippen molar-refractivity contribution in [2.45, 2.75) is 64.5 Å². The normalized spacial score (nSPS) is 17.3. The zero-order valence-corrected chi connectivity index (χ0v) is 21.4. The van der Waals surface area contributed by atoms with Crippen LogP contribution >= 0.6 is 0 Å². The van der Waals surface area contributed by atoms with E-state index in [2.05, 4.69) is 18.8 Å². The number of fused-ring (bicyclic) bond motifs is 1. The van der Waals surface area contributed by atoms with Gasteiger partial charge in [0.25, 0.3) is 0 Å². The molecule has 204 valence electrons. The van der Waals surface area contributed by atoms with E-state index >= 15 is 8.78 Å². The molecule has 3 aromatic rings. The molecule has 1 saturated carbocycles. The zero-order chi connectivity index (χ0) is 28.2. The molecule has 0 atom stereocenters. The average molecular weight is 545 g/mol. The maximum Gasteiger partial charge on any atom is 0.458 e. The second kappa shape index (κ2) is 12.2. The standard InChI is InChI=1S/C32H27F7/c1-2-3-4-5-20-6-8-21(9-7-20)10-11-22-16-28(34)30(29(35)17-22)23-12-13-25-24(18-23)19-27(33)26(31(25)36)14-15-32(37,38)39/h12-13,16-21H,2-9H2,1H3. The maximum absolute atomic E-state index is 15.0.